The van der Waals surface area contributed by atoms with E-state index in [-0.39, 0.29) is 12.1 Å². The smallest absolute Gasteiger partial charge is 0.348 e. The summed E-state index contributed by atoms with van der Waals surface area (Å²) in [5.41, 5.74) is -0.628. The van der Waals surface area contributed by atoms with Crippen LogP contribution in [-0.2, 0) is 19.9 Å². The van der Waals surface area contributed by atoms with Crippen molar-refractivity contribution in [2.45, 2.75) is 82.2 Å². The van der Waals surface area contributed by atoms with Gasteiger partial charge in [0.25, 0.3) is 0 Å². The van der Waals surface area contributed by atoms with Crippen LogP contribution in [0.5, 0.6) is 0 Å². The van der Waals surface area contributed by atoms with E-state index in [4.69, 9.17) is 21.1 Å². The molecule has 0 amide bonds. The van der Waals surface area contributed by atoms with Gasteiger partial charge in [-0.3, -0.25) is 0 Å². The molecule has 0 bridgehead atoms. The molecule has 2 aromatic carbocycles. The minimum absolute atomic E-state index is 0.122. The van der Waals surface area contributed by atoms with Crippen LogP contribution in [0.3, 0.4) is 0 Å². The van der Waals surface area contributed by atoms with Gasteiger partial charge in [-0.05, 0) is 31.4 Å². The van der Waals surface area contributed by atoms with Crippen molar-refractivity contribution in [2.24, 2.45) is 0 Å². The third-order valence-electron chi connectivity index (χ3n) is 7.88. The largest absolute Gasteiger partial charge is 0.459 e. The van der Waals surface area contributed by atoms with Crippen LogP contribution in [0.4, 0.5) is 0 Å². The van der Waals surface area contributed by atoms with E-state index in [2.05, 4.69) is 25.4 Å². The number of nitrogens with zero attached hydrogens (tertiary/aromatic N) is 1. The second-order valence-electron chi connectivity index (χ2n) is 9.74. The van der Waals surface area contributed by atoms with Crippen molar-refractivity contribution in [2.75, 3.05) is 19.5 Å². The maximum atomic E-state index is 14.1. The third-order valence-corrected chi connectivity index (χ3v) is 7.96. The molecule has 35 heavy (non-hydrogen) atoms. The van der Waals surface area contributed by atoms with Crippen molar-refractivity contribution in [3.63, 3.8) is 0 Å². The quantitative estimate of drug-likeness (QED) is 0.227. The summed E-state index contributed by atoms with van der Waals surface area (Å²) in [7, 11) is 0. The first-order valence-corrected chi connectivity index (χ1v) is 14.0. The zero-order valence-corrected chi connectivity index (χ0v) is 23.0. The van der Waals surface area contributed by atoms with Crippen molar-refractivity contribution in [1.82, 2.24) is 0 Å². The van der Waals surface area contributed by atoms with Gasteiger partial charge in [-0.1, -0.05) is 79.2 Å². The van der Waals surface area contributed by atoms with E-state index < -0.39 is 11.2 Å². The molecule has 6 heteroatoms. The van der Waals surface area contributed by atoms with E-state index in [9.17, 15) is 4.79 Å². The van der Waals surface area contributed by atoms with Crippen molar-refractivity contribution in [3.8, 4) is 0 Å². The van der Waals surface area contributed by atoms with E-state index >= 15 is 0 Å². The first-order chi connectivity index (χ1) is 16.9. The number of rotatable bonds is 7. The zero-order chi connectivity index (χ0) is 25.5. The lowest BCUT2D eigenvalue weighted by Gasteiger charge is -2.51. The minimum Gasteiger partial charge on any atom is -0.459 e. The highest BCUT2D eigenvalue weighted by Gasteiger charge is 2.52. The average Bonchev–Trinajstić information content (AvgIpc) is 3.38. The molecule has 4 nitrogen and oxygen atoms in total. The lowest BCUT2D eigenvalue weighted by molar-refractivity contribution is -0.967. The molecule has 2 heterocycles. The third kappa shape index (κ3) is 5.72. The lowest BCUT2D eigenvalue weighted by Crippen LogP contribution is -2.63. The Morgan fingerprint density at radius 1 is 1.00 bits per heavy atom. The monoisotopic (exact) mass is 520 g/mol. The van der Waals surface area contributed by atoms with Crippen molar-refractivity contribution in [1.29, 1.82) is 0 Å². The maximum Gasteiger partial charge on any atom is 0.348 e. The van der Waals surface area contributed by atoms with Crippen LogP contribution in [0.1, 0.15) is 64.0 Å². The Morgan fingerprint density at radius 3 is 1.97 bits per heavy atom. The summed E-state index contributed by atoms with van der Waals surface area (Å²) in [5.74, 6) is -0.380. The number of benzene rings is 2. The number of esters is 1. The standard InChI is InChI=1S/C28H37ClNO3.CH3Cl/c1-4-25-20-26(19-21(2)30(25)17-11-12-18-30)32-27(31)28(33-22(3)29,23-13-7-5-8-14-23)24-15-9-6-10-16-24;1-2/h5-10,13-16,21-22,25-26H,4,11-12,17-20H2,1-3H3;1H3/q+1;. The Morgan fingerprint density at radius 2 is 1.51 bits per heavy atom. The Kier molecular flexibility index (Phi) is 10.1. The number of quaternary nitrogens is 1. The van der Waals surface area contributed by atoms with E-state index in [0.717, 1.165) is 30.4 Å². The van der Waals surface area contributed by atoms with E-state index in [0.29, 0.717) is 12.1 Å². The molecule has 0 aromatic heterocycles. The first kappa shape index (κ1) is 28.0. The normalized spacial score (nSPS) is 24.3. The molecular formula is C29H40Cl2NO3+. The highest BCUT2D eigenvalue weighted by Crippen LogP contribution is 2.41. The average molecular weight is 522 g/mol. The van der Waals surface area contributed by atoms with Gasteiger partial charge in [-0.25, -0.2) is 4.79 Å². The van der Waals surface area contributed by atoms with Gasteiger partial charge in [0.2, 0.25) is 5.60 Å². The minimum atomic E-state index is -1.41. The number of carbonyl (C=O) groups excluding carboxylic acids is 1. The van der Waals surface area contributed by atoms with Gasteiger partial charge in [0, 0.05) is 32.1 Å². The van der Waals surface area contributed by atoms with E-state index in [1.165, 1.54) is 36.8 Å². The fourth-order valence-corrected chi connectivity index (χ4v) is 6.46. The van der Waals surface area contributed by atoms with Gasteiger partial charge < -0.3 is 14.0 Å². The number of carbonyl (C=O) groups is 1. The Labute approximate surface area is 221 Å². The van der Waals surface area contributed by atoms with Crippen LogP contribution in [0.15, 0.2) is 60.7 Å². The number of piperidine rings is 1. The molecule has 0 saturated carbocycles. The van der Waals surface area contributed by atoms with Crippen LogP contribution >= 0.6 is 23.2 Å². The van der Waals surface area contributed by atoms with Crippen LogP contribution in [0, 0.1) is 0 Å². The molecule has 4 unspecified atom stereocenters. The van der Waals surface area contributed by atoms with Crippen LogP contribution in [0.25, 0.3) is 0 Å². The molecular weight excluding hydrogens is 481 g/mol. The van der Waals surface area contributed by atoms with Crippen molar-refractivity contribution in [3.05, 3.63) is 71.8 Å². The second-order valence-corrected chi connectivity index (χ2v) is 10.4. The summed E-state index contributed by atoms with van der Waals surface area (Å²) in [6, 6.07) is 20.2. The van der Waals surface area contributed by atoms with Crippen molar-refractivity contribution < 1.29 is 18.8 Å². The van der Waals surface area contributed by atoms with Crippen LogP contribution in [-0.4, -0.2) is 53.7 Å². The number of hydrogen-bond donors (Lipinski definition) is 0. The molecule has 2 aromatic rings. The maximum absolute atomic E-state index is 14.1. The van der Waals surface area contributed by atoms with Gasteiger partial charge in [0.15, 0.2) is 0 Å². The number of alkyl halides is 2. The first-order valence-electron chi connectivity index (χ1n) is 12.8. The van der Waals surface area contributed by atoms with Crippen molar-refractivity contribution >= 4 is 29.2 Å². The molecule has 4 rings (SSSR count). The molecule has 2 fully saturated rings. The molecule has 2 saturated heterocycles. The molecule has 4 atom stereocenters. The number of halogens is 2. The van der Waals surface area contributed by atoms with Crippen LogP contribution < -0.4 is 0 Å². The Balaban J connectivity index is 0.00000167. The summed E-state index contributed by atoms with van der Waals surface area (Å²) in [4.78, 5) is 14.1. The predicted molar refractivity (Wildman–Crippen MR) is 144 cm³/mol. The lowest BCUT2D eigenvalue weighted by atomic mass is 9.85. The topological polar surface area (TPSA) is 35.5 Å². The number of ether oxygens (including phenoxy) is 2. The van der Waals surface area contributed by atoms with Gasteiger partial charge in [-0.2, -0.15) is 0 Å². The second kappa shape index (κ2) is 12.6. The predicted octanol–water partition coefficient (Wildman–Crippen LogP) is 6.87. The highest BCUT2D eigenvalue weighted by atomic mass is 35.5. The Hall–Kier alpha value is -1.59. The van der Waals surface area contributed by atoms with Gasteiger partial charge >= 0.3 is 5.97 Å². The summed E-state index contributed by atoms with van der Waals surface area (Å²) < 4.78 is 13.8. The molecule has 2 aliphatic heterocycles. The molecule has 2 aliphatic rings. The zero-order valence-electron chi connectivity index (χ0n) is 21.5. The van der Waals surface area contributed by atoms with Gasteiger partial charge in [-0.15, -0.1) is 11.6 Å². The molecule has 0 aliphatic carbocycles. The fraction of sp³-hybridized carbons (Fsp3) is 0.552. The molecule has 1 spiro atoms. The van der Waals surface area contributed by atoms with Gasteiger partial charge in [0.1, 0.15) is 11.7 Å². The summed E-state index contributed by atoms with van der Waals surface area (Å²) in [5, 5.41) is 0. The fourth-order valence-electron chi connectivity index (χ4n) is 6.33. The summed E-state index contributed by atoms with van der Waals surface area (Å²) in [6.07, 6.45) is 6.86. The molecule has 0 radical (unpaired) electrons. The number of hydrogen-bond acceptors (Lipinski definition) is 3. The van der Waals surface area contributed by atoms with E-state index in [1.807, 2.05) is 60.7 Å². The van der Waals surface area contributed by atoms with Gasteiger partial charge in [0.05, 0.1) is 25.2 Å². The summed E-state index contributed by atoms with van der Waals surface area (Å²) in [6.45, 7) is 8.87. The SMILES string of the molecule is CCC1CC(OC(=O)C(OC(C)Cl)(c2ccccc2)c2ccccc2)CC(C)[N+]12CCCC2.CCl. The highest BCUT2D eigenvalue weighted by molar-refractivity contribution is 6.19. The van der Waals surface area contributed by atoms with Crippen LogP contribution in [0.2, 0.25) is 0 Å². The summed E-state index contributed by atoms with van der Waals surface area (Å²) >= 11 is 11.0. The molecule has 0 N–H and O–H groups in total. The van der Waals surface area contributed by atoms with E-state index in [1.54, 1.807) is 6.92 Å². The molecule has 192 valence electrons. The Bertz CT molecular complexity index is 877.